The molecule has 3 amide bonds. The second-order valence-electron chi connectivity index (χ2n) is 10.3. The first-order chi connectivity index (χ1) is 23.7. The molecule has 0 aliphatic carbocycles. The van der Waals surface area contributed by atoms with Crippen molar-refractivity contribution in [1.82, 2.24) is 10.2 Å². The molecule has 3 aromatic carbocycles. The fourth-order valence-corrected chi connectivity index (χ4v) is 5.85. The highest BCUT2D eigenvalue weighted by Crippen LogP contribution is 2.38. The maximum absolute atomic E-state index is 14.0. The van der Waals surface area contributed by atoms with E-state index in [1.54, 1.807) is 32.1 Å². The fourth-order valence-electron chi connectivity index (χ4n) is 4.77. The molecule has 0 saturated heterocycles. The van der Waals surface area contributed by atoms with Crippen molar-refractivity contribution < 1.29 is 33.8 Å². The molecule has 3 aromatic rings. The van der Waals surface area contributed by atoms with Crippen LogP contribution in [0.25, 0.3) is 6.08 Å². The summed E-state index contributed by atoms with van der Waals surface area (Å²) in [4.78, 5) is 57.3. The Balaban J connectivity index is 1.65. The van der Waals surface area contributed by atoms with Crippen LogP contribution in [0.5, 0.6) is 11.5 Å². The number of halogens is 1. The number of ether oxygens (including phenoxy) is 2. The number of aliphatic carboxylic acids is 1. The summed E-state index contributed by atoms with van der Waals surface area (Å²) in [6.45, 7) is 6.70. The minimum absolute atomic E-state index is 0.0125. The van der Waals surface area contributed by atoms with Gasteiger partial charge in [0.1, 0.15) is 5.57 Å². The van der Waals surface area contributed by atoms with E-state index in [2.05, 4.69) is 16.9 Å². The highest BCUT2D eigenvalue weighted by molar-refractivity contribution is 8.14. The minimum Gasteiger partial charge on any atom is -0.490 e. The number of amidine groups is 1. The van der Waals surface area contributed by atoms with E-state index in [1.807, 2.05) is 60.7 Å². The van der Waals surface area contributed by atoms with Crippen LogP contribution >= 0.6 is 23.4 Å². The van der Waals surface area contributed by atoms with Crippen molar-refractivity contribution in [3.63, 3.8) is 0 Å². The van der Waals surface area contributed by atoms with E-state index in [1.165, 1.54) is 29.2 Å². The number of carboxylic acid groups (broad SMARTS) is 1. The van der Waals surface area contributed by atoms with Gasteiger partial charge in [0.2, 0.25) is 5.91 Å². The third kappa shape index (κ3) is 9.59. The molecule has 1 aliphatic rings. The Labute approximate surface area is 293 Å². The molecule has 252 valence electrons. The standard InChI is InChI=1S/C37H34ClN3O7S/c1-4-7-18-27(5-2)41-36(46)28(19-24-20-29(38)34(48-22-32(43)44)30(21-24)47-6-3)35(45)40-37(41)49-23-31(42)39-33(25-14-10-8-11-15-25)26-16-12-9-13-17-26/h4-5,7-21,33H,1,6,22-23H2,2-3H3,(H,39,42)(H,43,44)/b18-7-,27-5+,28-19+. The van der Waals surface area contributed by atoms with Crippen molar-refractivity contribution in [1.29, 1.82) is 0 Å². The summed E-state index contributed by atoms with van der Waals surface area (Å²) in [5, 5.41) is 12.1. The molecule has 0 radical (unpaired) electrons. The lowest BCUT2D eigenvalue weighted by atomic mass is 9.99. The first-order valence-electron chi connectivity index (χ1n) is 15.1. The molecule has 0 unspecified atom stereocenters. The van der Waals surface area contributed by atoms with Crippen LogP contribution in [-0.2, 0) is 19.2 Å². The van der Waals surface area contributed by atoms with Gasteiger partial charge in [0.05, 0.1) is 23.4 Å². The second kappa shape index (κ2) is 17.7. The summed E-state index contributed by atoms with van der Waals surface area (Å²) < 4.78 is 10.9. The lowest BCUT2D eigenvalue weighted by Gasteiger charge is -2.28. The number of nitrogens with one attached hydrogen (secondary N) is 1. The van der Waals surface area contributed by atoms with Gasteiger partial charge < -0.3 is 19.9 Å². The molecule has 1 aliphatic heterocycles. The average Bonchev–Trinajstić information content (AvgIpc) is 3.09. The number of rotatable bonds is 14. The molecule has 1 heterocycles. The first-order valence-corrected chi connectivity index (χ1v) is 16.5. The molecular formula is C37H34ClN3O7S. The summed E-state index contributed by atoms with van der Waals surface area (Å²) in [5.41, 5.74) is 2.22. The van der Waals surface area contributed by atoms with Crippen LogP contribution in [0.15, 0.2) is 120 Å². The molecule has 2 N–H and O–H groups in total. The van der Waals surface area contributed by atoms with Gasteiger partial charge in [0, 0.05) is 5.70 Å². The van der Waals surface area contributed by atoms with Gasteiger partial charge in [-0.15, -0.1) is 0 Å². The topological polar surface area (TPSA) is 135 Å². The zero-order valence-corrected chi connectivity index (χ0v) is 28.4. The lowest BCUT2D eigenvalue weighted by Crippen LogP contribution is -2.42. The van der Waals surface area contributed by atoms with Gasteiger partial charge in [-0.2, -0.15) is 4.99 Å². The summed E-state index contributed by atoms with van der Waals surface area (Å²) in [6.07, 6.45) is 7.79. The second-order valence-corrected chi connectivity index (χ2v) is 11.6. The number of aliphatic imine (C=N–C) groups is 1. The minimum atomic E-state index is -1.20. The third-order valence-corrected chi connectivity index (χ3v) is 8.11. The van der Waals surface area contributed by atoms with Crippen LogP contribution in [0.1, 0.15) is 36.6 Å². The third-order valence-electron chi connectivity index (χ3n) is 6.90. The van der Waals surface area contributed by atoms with E-state index in [0.717, 1.165) is 22.9 Å². The largest absolute Gasteiger partial charge is 0.490 e. The van der Waals surface area contributed by atoms with Gasteiger partial charge >= 0.3 is 5.97 Å². The molecule has 0 aromatic heterocycles. The fraction of sp³-hybridized carbons (Fsp3) is 0.162. The number of thioether (sulfide) groups is 1. The maximum Gasteiger partial charge on any atom is 0.341 e. The first kappa shape index (κ1) is 36.4. The number of carbonyl (C=O) groups excluding carboxylic acids is 3. The molecule has 4 rings (SSSR count). The predicted molar refractivity (Wildman–Crippen MR) is 191 cm³/mol. The molecule has 0 saturated carbocycles. The number of amides is 3. The van der Waals surface area contributed by atoms with Crippen molar-refractivity contribution in [2.45, 2.75) is 19.9 Å². The van der Waals surface area contributed by atoms with Gasteiger partial charge in [0.15, 0.2) is 23.3 Å². The Morgan fingerprint density at radius 1 is 1.06 bits per heavy atom. The Hall–Kier alpha value is -5.39. The number of nitrogens with zero attached hydrogens (tertiary/aromatic N) is 2. The van der Waals surface area contributed by atoms with E-state index in [-0.39, 0.29) is 45.5 Å². The van der Waals surface area contributed by atoms with E-state index in [9.17, 15) is 19.2 Å². The quantitative estimate of drug-likeness (QED) is 0.109. The zero-order valence-electron chi connectivity index (χ0n) is 26.8. The summed E-state index contributed by atoms with van der Waals surface area (Å²) in [5.74, 6) is -3.04. The molecule has 0 bridgehead atoms. The number of allylic oxidation sites excluding steroid dienone is 4. The van der Waals surface area contributed by atoms with Gasteiger partial charge in [-0.05, 0) is 54.8 Å². The van der Waals surface area contributed by atoms with E-state index in [0.29, 0.717) is 11.3 Å². The van der Waals surface area contributed by atoms with Gasteiger partial charge in [0.25, 0.3) is 11.8 Å². The van der Waals surface area contributed by atoms with Crippen molar-refractivity contribution in [2.75, 3.05) is 19.0 Å². The Morgan fingerprint density at radius 3 is 2.29 bits per heavy atom. The molecule has 0 fully saturated rings. The number of hydrogen-bond acceptors (Lipinski definition) is 7. The van der Waals surface area contributed by atoms with Crippen LogP contribution in [0.4, 0.5) is 0 Å². The van der Waals surface area contributed by atoms with Crippen LogP contribution in [-0.4, -0.2) is 57.8 Å². The van der Waals surface area contributed by atoms with Gasteiger partial charge in [-0.25, -0.2) is 4.79 Å². The van der Waals surface area contributed by atoms with Crippen molar-refractivity contribution in [2.24, 2.45) is 4.99 Å². The molecular weight excluding hydrogens is 666 g/mol. The monoisotopic (exact) mass is 699 g/mol. The normalized spacial score (nSPS) is 14.3. The molecule has 12 heteroatoms. The summed E-state index contributed by atoms with van der Waals surface area (Å²) >= 11 is 7.36. The highest BCUT2D eigenvalue weighted by atomic mass is 35.5. The van der Waals surface area contributed by atoms with Crippen molar-refractivity contribution in [3.05, 3.63) is 137 Å². The van der Waals surface area contributed by atoms with Gasteiger partial charge in [-0.3, -0.25) is 19.3 Å². The SMILES string of the molecule is C=C/C=C\C(=C/C)N1C(=O)/C(=C/c2cc(Cl)c(OCC(=O)O)c(OCC)c2)C(=O)N=C1SCC(=O)NC(c1ccccc1)c1ccccc1. The number of carbonyl (C=O) groups is 4. The molecule has 49 heavy (non-hydrogen) atoms. The Kier molecular flexibility index (Phi) is 13.1. The smallest absolute Gasteiger partial charge is 0.341 e. The van der Waals surface area contributed by atoms with E-state index in [4.69, 9.17) is 26.2 Å². The number of carboxylic acids is 1. The van der Waals surface area contributed by atoms with Crippen LogP contribution in [0.2, 0.25) is 5.02 Å². The van der Waals surface area contributed by atoms with Crippen molar-refractivity contribution in [3.8, 4) is 11.5 Å². The predicted octanol–water partition coefficient (Wildman–Crippen LogP) is 6.60. The maximum atomic E-state index is 14.0. The van der Waals surface area contributed by atoms with Gasteiger partial charge in [-0.1, -0.05) is 109 Å². The van der Waals surface area contributed by atoms with Crippen molar-refractivity contribution >= 4 is 58.3 Å². The van der Waals surface area contributed by atoms with Crippen LogP contribution in [0.3, 0.4) is 0 Å². The lowest BCUT2D eigenvalue weighted by molar-refractivity contribution is -0.139. The number of benzene rings is 3. The Bertz CT molecular complexity index is 1800. The Morgan fingerprint density at radius 2 is 1.71 bits per heavy atom. The molecule has 10 nitrogen and oxygen atoms in total. The number of hydrogen-bond donors (Lipinski definition) is 2. The van der Waals surface area contributed by atoms with Crippen LogP contribution in [0, 0.1) is 0 Å². The summed E-state index contributed by atoms with van der Waals surface area (Å²) in [7, 11) is 0. The molecule has 0 spiro atoms. The van der Waals surface area contributed by atoms with E-state index >= 15 is 0 Å². The van der Waals surface area contributed by atoms with Crippen LogP contribution < -0.4 is 14.8 Å². The molecule has 0 atom stereocenters. The average molecular weight is 700 g/mol. The highest BCUT2D eigenvalue weighted by Gasteiger charge is 2.35. The zero-order chi connectivity index (χ0) is 35.3. The summed E-state index contributed by atoms with van der Waals surface area (Å²) in [6, 6.07) is 21.5. The van der Waals surface area contributed by atoms with E-state index < -0.39 is 30.4 Å².